The normalized spacial score (nSPS) is 18.8. The number of carbonyl (C=O) groups is 1. The maximum Gasteiger partial charge on any atom is 0.187 e. The van der Waals surface area contributed by atoms with E-state index in [1.807, 2.05) is 19.9 Å². The second-order valence-corrected chi connectivity index (χ2v) is 4.36. The molecule has 1 aliphatic rings. The fourth-order valence-electron chi connectivity index (χ4n) is 2.20. The van der Waals surface area contributed by atoms with Crippen molar-refractivity contribution in [3.63, 3.8) is 0 Å². The number of hydrogen-bond acceptors (Lipinski definition) is 2. The smallest absolute Gasteiger partial charge is 0.187 e. The van der Waals surface area contributed by atoms with E-state index in [4.69, 9.17) is 0 Å². The minimum atomic E-state index is -0.774. The van der Waals surface area contributed by atoms with Crippen molar-refractivity contribution >= 4 is 5.78 Å². The first-order valence-electron chi connectivity index (χ1n) is 6.12. The minimum absolute atomic E-state index is 0.0246. The van der Waals surface area contributed by atoms with Crippen molar-refractivity contribution < 1.29 is 9.90 Å². The molecule has 0 aromatic carbocycles. The number of carbonyl (C=O) groups excluding carboxylic acids is 1. The molecule has 0 bridgehead atoms. The summed E-state index contributed by atoms with van der Waals surface area (Å²) >= 11 is 0. The third kappa shape index (κ3) is 3.16. The fraction of sp³-hybridized carbons (Fsp3) is 0.769. The lowest BCUT2D eigenvalue weighted by molar-refractivity contribution is -0.126. The predicted octanol–water partition coefficient (Wildman–Crippen LogP) is 2.85. The zero-order valence-electron chi connectivity index (χ0n) is 9.83. The van der Waals surface area contributed by atoms with Gasteiger partial charge in [-0.3, -0.25) is 4.79 Å². The van der Waals surface area contributed by atoms with E-state index >= 15 is 0 Å². The van der Waals surface area contributed by atoms with E-state index < -0.39 is 6.10 Å². The lowest BCUT2D eigenvalue weighted by Crippen LogP contribution is -2.30. The topological polar surface area (TPSA) is 37.3 Å². The number of allylic oxidation sites excluding steroid dienone is 1. The first-order chi connectivity index (χ1) is 7.20. The molecule has 0 spiro atoms. The summed E-state index contributed by atoms with van der Waals surface area (Å²) in [5.74, 6) is 0.101. The number of hydrogen-bond donors (Lipinski definition) is 1. The lowest BCUT2D eigenvalue weighted by Gasteiger charge is -2.21. The molecule has 2 heteroatoms. The SMILES string of the molecule is CCC(CC)C(O)C(=O)C1=CCCCC1. The molecule has 0 saturated heterocycles. The predicted molar refractivity (Wildman–Crippen MR) is 61.6 cm³/mol. The number of rotatable bonds is 5. The molecule has 0 heterocycles. The van der Waals surface area contributed by atoms with Gasteiger partial charge in [-0.05, 0) is 37.2 Å². The minimum Gasteiger partial charge on any atom is -0.385 e. The van der Waals surface area contributed by atoms with Crippen LogP contribution in [0.25, 0.3) is 0 Å². The molecule has 0 fully saturated rings. The van der Waals surface area contributed by atoms with Crippen LogP contribution in [-0.2, 0) is 4.79 Å². The maximum atomic E-state index is 11.9. The molecule has 0 saturated carbocycles. The Kier molecular flexibility index (Phi) is 5.03. The van der Waals surface area contributed by atoms with E-state index in [9.17, 15) is 9.90 Å². The van der Waals surface area contributed by atoms with Gasteiger partial charge in [-0.25, -0.2) is 0 Å². The van der Waals surface area contributed by atoms with Crippen molar-refractivity contribution in [1.29, 1.82) is 0 Å². The van der Waals surface area contributed by atoms with Crippen LogP contribution in [0.15, 0.2) is 11.6 Å². The summed E-state index contributed by atoms with van der Waals surface area (Å²) in [6, 6.07) is 0. The highest BCUT2D eigenvalue weighted by atomic mass is 16.3. The first-order valence-corrected chi connectivity index (χ1v) is 6.12. The average molecular weight is 210 g/mol. The second kappa shape index (κ2) is 6.06. The molecule has 86 valence electrons. The van der Waals surface area contributed by atoms with Gasteiger partial charge in [0.15, 0.2) is 5.78 Å². The second-order valence-electron chi connectivity index (χ2n) is 4.36. The highest BCUT2D eigenvalue weighted by Crippen LogP contribution is 2.23. The van der Waals surface area contributed by atoms with E-state index in [0.29, 0.717) is 0 Å². The molecule has 0 amide bonds. The van der Waals surface area contributed by atoms with Gasteiger partial charge < -0.3 is 5.11 Å². The fourth-order valence-corrected chi connectivity index (χ4v) is 2.20. The van der Waals surface area contributed by atoms with E-state index in [2.05, 4.69) is 0 Å². The Morgan fingerprint density at radius 2 is 2.07 bits per heavy atom. The van der Waals surface area contributed by atoms with Crippen LogP contribution in [0, 0.1) is 5.92 Å². The molecule has 15 heavy (non-hydrogen) atoms. The van der Waals surface area contributed by atoms with Crippen LogP contribution in [0.2, 0.25) is 0 Å². The standard InChI is InChI=1S/C13H22O2/c1-3-10(4-2)12(14)13(15)11-8-6-5-7-9-11/h8,10,12,14H,3-7,9H2,1-2H3. The number of aliphatic hydroxyl groups is 1. The Morgan fingerprint density at radius 1 is 1.40 bits per heavy atom. The highest BCUT2D eigenvalue weighted by Gasteiger charge is 2.26. The van der Waals surface area contributed by atoms with Crippen molar-refractivity contribution in [2.45, 2.75) is 58.5 Å². The van der Waals surface area contributed by atoms with Crippen LogP contribution in [0.5, 0.6) is 0 Å². The lowest BCUT2D eigenvalue weighted by atomic mass is 9.87. The summed E-state index contributed by atoms with van der Waals surface area (Å²) in [5.41, 5.74) is 0.862. The zero-order valence-corrected chi connectivity index (χ0v) is 9.83. The molecule has 0 aromatic rings. The van der Waals surface area contributed by atoms with Gasteiger partial charge in [-0.1, -0.05) is 32.8 Å². The molecule has 1 unspecified atom stereocenters. The van der Waals surface area contributed by atoms with Crippen molar-refractivity contribution in [1.82, 2.24) is 0 Å². The summed E-state index contributed by atoms with van der Waals surface area (Å²) in [5, 5.41) is 9.94. The molecule has 2 nitrogen and oxygen atoms in total. The monoisotopic (exact) mass is 210 g/mol. The summed E-state index contributed by atoms with van der Waals surface area (Å²) in [7, 11) is 0. The molecule has 1 atom stereocenters. The molecular formula is C13H22O2. The van der Waals surface area contributed by atoms with Crippen LogP contribution in [0.4, 0.5) is 0 Å². The van der Waals surface area contributed by atoms with Crippen molar-refractivity contribution in [2.75, 3.05) is 0 Å². The van der Waals surface area contributed by atoms with Crippen molar-refractivity contribution in [3.8, 4) is 0 Å². The Labute approximate surface area is 92.4 Å². The van der Waals surface area contributed by atoms with Crippen LogP contribution in [0.1, 0.15) is 52.4 Å². The van der Waals surface area contributed by atoms with Gasteiger partial charge in [-0.15, -0.1) is 0 Å². The van der Waals surface area contributed by atoms with E-state index in [-0.39, 0.29) is 11.7 Å². The van der Waals surface area contributed by atoms with Crippen molar-refractivity contribution in [3.05, 3.63) is 11.6 Å². The first kappa shape index (κ1) is 12.4. The van der Waals surface area contributed by atoms with Crippen LogP contribution >= 0.6 is 0 Å². The number of ketones is 1. The Morgan fingerprint density at radius 3 is 2.53 bits per heavy atom. The molecule has 0 aromatic heterocycles. The summed E-state index contributed by atoms with van der Waals surface area (Å²) in [6.07, 6.45) is 7.10. The zero-order chi connectivity index (χ0) is 11.3. The van der Waals surface area contributed by atoms with Gasteiger partial charge >= 0.3 is 0 Å². The van der Waals surface area contributed by atoms with E-state index in [0.717, 1.165) is 37.7 Å². The summed E-state index contributed by atoms with van der Waals surface area (Å²) in [4.78, 5) is 11.9. The van der Waals surface area contributed by atoms with Gasteiger partial charge in [0.05, 0.1) is 0 Å². The molecule has 0 aliphatic heterocycles. The molecule has 1 aliphatic carbocycles. The molecular weight excluding hydrogens is 188 g/mol. The third-order valence-corrected chi connectivity index (χ3v) is 3.37. The van der Waals surface area contributed by atoms with Gasteiger partial charge in [0.1, 0.15) is 6.10 Å². The van der Waals surface area contributed by atoms with E-state index in [1.54, 1.807) is 0 Å². The van der Waals surface area contributed by atoms with Crippen molar-refractivity contribution in [2.24, 2.45) is 5.92 Å². The van der Waals surface area contributed by atoms with Crippen LogP contribution in [0.3, 0.4) is 0 Å². The Balaban J connectivity index is 2.62. The molecule has 1 N–H and O–H groups in total. The highest BCUT2D eigenvalue weighted by molar-refractivity contribution is 5.98. The Bertz CT molecular complexity index is 239. The van der Waals surface area contributed by atoms with E-state index in [1.165, 1.54) is 6.42 Å². The van der Waals surface area contributed by atoms with Crippen LogP contribution in [-0.4, -0.2) is 17.0 Å². The summed E-state index contributed by atoms with van der Waals surface area (Å²) in [6.45, 7) is 4.06. The van der Waals surface area contributed by atoms with Crippen LogP contribution < -0.4 is 0 Å². The van der Waals surface area contributed by atoms with Gasteiger partial charge in [0, 0.05) is 0 Å². The number of aliphatic hydroxyl groups excluding tert-OH is 1. The molecule has 1 rings (SSSR count). The molecule has 0 radical (unpaired) electrons. The average Bonchev–Trinajstić information content (AvgIpc) is 2.30. The number of Topliss-reactive ketones (excluding diaryl/α,β-unsaturated/α-hetero) is 1. The maximum absolute atomic E-state index is 11.9. The van der Waals surface area contributed by atoms with Gasteiger partial charge in [-0.2, -0.15) is 0 Å². The van der Waals surface area contributed by atoms with Gasteiger partial charge in [0.25, 0.3) is 0 Å². The quantitative estimate of drug-likeness (QED) is 0.757. The summed E-state index contributed by atoms with van der Waals surface area (Å²) < 4.78 is 0. The Hall–Kier alpha value is -0.630. The van der Waals surface area contributed by atoms with Gasteiger partial charge in [0.2, 0.25) is 0 Å². The largest absolute Gasteiger partial charge is 0.385 e. The third-order valence-electron chi connectivity index (χ3n) is 3.37.